The van der Waals surface area contributed by atoms with Crippen molar-refractivity contribution in [1.82, 2.24) is 19.9 Å². The molecule has 0 saturated heterocycles. The number of hydrogen-bond donors (Lipinski definition) is 0. The standard InChI is InChI=1S/C20H26N4OS/c1-3-14-5-7-15(8-6-14)24(16-9-10-16)20(25)17-13(2)23-19(26-17)18-21-11-4-12-22-18/h4,11-12,14-16H,3,5-10H2,1-2H3. The maximum Gasteiger partial charge on any atom is 0.266 e. The van der Waals surface area contributed by atoms with Gasteiger partial charge in [0.25, 0.3) is 5.91 Å². The van der Waals surface area contributed by atoms with Crippen molar-refractivity contribution in [2.24, 2.45) is 5.92 Å². The summed E-state index contributed by atoms with van der Waals surface area (Å²) >= 11 is 1.44. The summed E-state index contributed by atoms with van der Waals surface area (Å²) in [4.78, 5) is 29.5. The van der Waals surface area contributed by atoms with Gasteiger partial charge in [-0.15, -0.1) is 11.3 Å². The Balaban J connectivity index is 1.56. The summed E-state index contributed by atoms with van der Waals surface area (Å²) in [5.74, 6) is 1.61. The van der Waals surface area contributed by atoms with Crippen molar-refractivity contribution in [2.45, 2.75) is 70.9 Å². The second-order valence-corrected chi connectivity index (χ2v) is 8.53. The Morgan fingerprint density at radius 2 is 1.73 bits per heavy atom. The van der Waals surface area contributed by atoms with Gasteiger partial charge in [-0.05, 0) is 57.4 Å². The van der Waals surface area contributed by atoms with Crippen molar-refractivity contribution in [1.29, 1.82) is 0 Å². The van der Waals surface area contributed by atoms with E-state index in [9.17, 15) is 4.79 Å². The molecule has 0 spiro atoms. The maximum atomic E-state index is 13.4. The van der Waals surface area contributed by atoms with Gasteiger partial charge in [0.15, 0.2) is 10.8 Å². The third-order valence-electron chi connectivity index (χ3n) is 5.71. The first-order chi connectivity index (χ1) is 12.7. The maximum absolute atomic E-state index is 13.4. The summed E-state index contributed by atoms with van der Waals surface area (Å²) in [5.41, 5.74) is 0.801. The molecule has 0 aromatic carbocycles. The number of carbonyl (C=O) groups excluding carboxylic acids is 1. The highest BCUT2D eigenvalue weighted by Gasteiger charge is 2.40. The molecule has 4 rings (SSSR count). The molecule has 0 atom stereocenters. The van der Waals surface area contributed by atoms with Crippen molar-refractivity contribution in [3.63, 3.8) is 0 Å². The molecule has 0 unspecified atom stereocenters. The minimum atomic E-state index is 0.171. The van der Waals surface area contributed by atoms with E-state index in [-0.39, 0.29) is 5.91 Å². The Morgan fingerprint density at radius 3 is 2.31 bits per heavy atom. The van der Waals surface area contributed by atoms with Crippen molar-refractivity contribution < 1.29 is 4.79 Å². The van der Waals surface area contributed by atoms with Crippen LogP contribution in [0.5, 0.6) is 0 Å². The highest BCUT2D eigenvalue weighted by molar-refractivity contribution is 7.17. The first kappa shape index (κ1) is 17.6. The highest BCUT2D eigenvalue weighted by Crippen LogP contribution is 2.38. The number of thiazole rings is 1. The van der Waals surface area contributed by atoms with Crippen LogP contribution < -0.4 is 0 Å². The van der Waals surface area contributed by atoms with Crippen LogP contribution in [0, 0.1) is 12.8 Å². The Kier molecular flexibility index (Phi) is 5.02. The van der Waals surface area contributed by atoms with Crippen molar-refractivity contribution in [3.05, 3.63) is 29.0 Å². The van der Waals surface area contributed by atoms with Crippen LogP contribution in [0.4, 0.5) is 0 Å². The Hall–Kier alpha value is -1.82. The largest absolute Gasteiger partial charge is 0.332 e. The average molecular weight is 371 g/mol. The molecule has 2 heterocycles. The summed E-state index contributed by atoms with van der Waals surface area (Å²) in [5, 5.41) is 0.733. The molecule has 2 aliphatic carbocycles. The van der Waals surface area contributed by atoms with Crippen LogP contribution >= 0.6 is 11.3 Å². The fraction of sp³-hybridized carbons (Fsp3) is 0.600. The van der Waals surface area contributed by atoms with Gasteiger partial charge in [-0.25, -0.2) is 15.0 Å². The molecule has 26 heavy (non-hydrogen) atoms. The number of hydrogen-bond acceptors (Lipinski definition) is 5. The quantitative estimate of drug-likeness (QED) is 0.778. The molecule has 2 fully saturated rings. The van der Waals surface area contributed by atoms with Gasteiger partial charge in [0.2, 0.25) is 0 Å². The molecule has 0 aliphatic heterocycles. The molecule has 2 aromatic heterocycles. The van der Waals surface area contributed by atoms with Crippen LogP contribution in [0.15, 0.2) is 18.5 Å². The molecule has 0 N–H and O–H groups in total. The molecule has 0 radical (unpaired) electrons. The smallest absolute Gasteiger partial charge is 0.266 e. The van der Waals surface area contributed by atoms with Gasteiger partial charge in [0, 0.05) is 24.5 Å². The number of rotatable bonds is 5. The van der Waals surface area contributed by atoms with E-state index in [0.29, 0.717) is 17.9 Å². The van der Waals surface area contributed by atoms with Crippen LogP contribution in [0.25, 0.3) is 10.8 Å². The van der Waals surface area contributed by atoms with Crippen molar-refractivity contribution in [2.75, 3.05) is 0 Å². The predicted molar refractivity (Wildman–Crippen MR) is 103 cm³/mol. The molecule has 138 valence electrons. The van der Waals surface area contributed by atoms with Gasteiger partial charge in [-0.2, -0.15) is 0 Å². The number of amides is 1. The molecule has 1 amide bonds. The Bertz CT molecular complexity index is 763. The van der Waals surface area contributed by atoms with Gasteiger partial charge < -0.3 is 4.90 Å². The van der Waals surface area contributed by atoms with Gasteiger partial charge in [0.05, 0.1) is 5.69 Å². The fourth-order valence-corrected chi connectivity index (χ4v) is 4.99. The monoisotopic (exact) mass is 370 g/mol. The van der Waals surface area contributed by atoms with Crippen LogP contribution in [0.3, 0.4) is 0 Å². The molecular weight excluding hydrogens is 344 g/mol. The second-order valence-electron chi connectivity index (χ2n) is 7.53. The van der Waals surface area contributed by atoms with Crippen LogP contribution in [0.1, 0.15) is 67.2 Å². The molecule has 2 aromatic rings. The molecule has 6 heteroatoms. The Morgan fingerprint density at radius 1 is 1.12 bits per heavy atom. The zero-order valence-corrected chi connectivity index (χ0v) is 16.3. The molecule has 2 aliphatic rings. The van der Waals surface area contributed by atoms with E-state index >= 15 is 0 Å². The zero-order chi connectivity index (χ0) is 18.1. The minimum absolute atomic E-state index is 0.171. The summed E-state index contributed by atoms with van der Waals surface area (Å²) in [6, 6.07) is 2.62. The number of nitrogens with zero attached hydrogens (tertiary/aromatic N) is 4. The normalized spacial score (nSPS) is 23.0. The topological polar surface area (TPSA) is 59.0 Å². The third-order valence-corrected chi connectivity index (χ3v) is 6.85. The van der Waals surface area contributed by atoms with Crippen LogP contribution in [-0.2, 0) is 0 Å². The van der Waals surface area contributed by atoms with E-state index in [1.54, 1.807) is 18.5 Å². The van der Waals surface area contributed by atoms with E-state index in [2.05, 4.69) is 26.8 Å². The van der Waals surface area contributed by atoms with Crippen molar-refractivity contribution >= 4 is 17.2 Å². The van der Waals surface area contributed by atoms with Crippen molar-refractivity contribution in [3.8, 4) is 10.8 Å². The average Bonchev–Trinajstić information content (AvgIpc) is 3.43. The molecular formula is C20H26N4OS. The highest BCUT2D eigenvalue weighted by atomic mass is 32.1. The van der Waals surface area contributed by atoms with Gasteiger partial charge >= 0.3 is 0 Å². The third kappa shape index (κ3) is 3.52. The molecule has 0 bridgehead atoms. The Labute approximate surface area is 158 Å². The van der Waals surface area contributed by atoms with Crippen LogP contribution in [-0.4, -0.2) is 37.8 Å². The predicted octanol–water partition coefficient (Wildman–Crippen LogP) is 4.48. The SMILES string of the molecule is CCC1CCC(N(C(=O)c2sc(-c3ncccn3)nc2C)C2CC2)CC1. The summed E-state index contributed by atoms with van der Waals surface area (Å²) in [6.45, 7) is 4.21. The lowest BCUT2D eigenvalue weighted by molar-refractivity contribution is 0.0591. The van der Waals surface area contributed by atoms with E-state index in [0.717, 1.165) is 47.2 Å². The van der Waals surface area contributed by atoms with Gasteiger partial charge in [-0.3, -0.25) is 4.79 Å². The summed E-state index contributed by atoms with van der Waals surface area (Å²) < 4.78 is 0. The van der Waals surface area contributed by atoms with E-state index in [4.69, 9.17) is 0 Å². The molecule has 2 saturated carbocycles. The number of carbonyl (C=O) groups is 1. The zero-order valence-electron chi connectivity index (χ0n) is 15.5. The number of aryl methyl sites for hydroxylation is 1. The fourth-order valence-electron chi connectivity index (χ4n) is 4.03. The summed E-state index contributed by atoms with van der Waals surface area (Å²) in [7, 11) is 0. The number of aromatic nitrogens is 3. The van der Waals surface area contributed by atoms with E-state index in [1.807, 2.05) is 6.92 Å². The van der Waals surface area contributed by atoms with Gasteiger partial charge in [-0.1, -0.05) is 13.3 Å². The second kappa shape index (κ2) is 7.43. The van der Waals surface area contributed by atoms with Gasteiger partial charge in [0.1, 0.15) is 4.88 Å². The van der Waals surface area contributed by atoms with E-state index in [1.165, 1.54) is 30.6 Å². The first-order valence-electron chi connectivity index (χ1n) is 9.74. The lowest BCUT2D eigenvalue weighted by Crippen LogP contribution is -2.43. The van der Waals surface area contributed by atoms with E-state index < -0.39 is 0 Å². The lowest BCUT2D eigenvalue weighted by Gasteiger charge is -2.37. The first-order valence-corrected chi connectivity index (χ1v) is 10.6. The minimum Gasteiger partial charge on any atom is -0.332 e. The lowest BCUT2D eigenvalue weighted by atomic mass is 9.84. The molecule has 5 nitrogen and oxygen atoms in total. The summed E-state index contributed by atoms with van der Waals surface area (Å²) in [6.07, 6.45) is 11.8. The van der Waals surface area contributed by atoms with Crippen LogP contribution in [0.2, 0.25) is 0 Å².